The number of methoxy groups -OCH3 is 1. The number of imidazole rings is 1. The van der Waals surface area contributed by atoms with Crippen LogP contribution < -0.4 is 5.73 Å². The van der Waals surface area contributed by atoms with E-state index >= 15 is 0 Å². The summed E-state index contributed by atoms with van der Waals surface area (Å²) >= 11 is 9.98. The van der Waals surface area contributed by atoms with E-state index in [0.717, 1.165) is 20.3 Å². The molecule has 6 nitrogen and oxygen atoms in total. The predicted molar refractivity (Wildman–Crippen MR) is 125 cm³/mol. The first kappa shape index (κ1) is 25.0. The van der Waals surface area contributed by atoms with Crippen LogP contribution in [0, 0.1) is 6.92 Å². The Balaban J connectivity index is 0.000000214. The number of rotatable bonds is 4. The van der Waals surface area contributed by atoms with Crippen LogP contribution in [0.4, 0.5) is 5.82 Å². The molecule has 2 atom stereocenters. The summed E-state index contributed by atoms with van der Waals surface area (Å²) in [4.78, 5) is 8.26. The number of pyridine rings is 2. The van der Waals surface area contributed by atoms with Gasteiger partial charge in [0.1, 0.15) is 11.5 Å². The molecule has 2 N–H and O–H groups in total. The van der Waals surface area contributed by atoms with Crippen molar-refractivity contribution in [3.8, 4) is 0 Å². The van der Waals surface area contributed by atoms with E-state index < -0.39 is 0 Å². The number of nitrogen functional groups attached to an aromatic ring is 1. The Hall–Kier alpha value is -1.00. The summed E-state index contributed by atoms with van der Waals surface area (Å²) in [5, 5.41) is 0. The summed E-state index contributed by atoms with van der Waals surface area (Å²) < 4.78 is 14.2. The van der Waals surface area contributed by atoms with Gasteiger partial charge in [-0.2, -0.15) is 0 Å². The van der Waals surface area contributed by atoms with Crippen molar-refractivity contribution in [2.24, 2.45) is 0 Å². The lowest BCUT2D eigenvalue weighted by Gasteiger charge is -2.16. The zero-order valence-corrected chi connectivity index (χ0v) is 21.0. The van der Waals surface area contributed by atoms with Crippen LogP contribution in [0.2, 0.25) is 0 Å². The molecule has 0 aliphatic heterocycles. The van der Waals surface area contributed by atoms with Crippen LogP contribution in [0.25, 0.3) is 5.65 Å². The quantitative estimate of drug-likeness (QED) is 0.321. The fourth-order valence-corrected chi connectivity index (χ4v) is 2.96. The highest BCUT2D eigenvalue weighted by molar-refractivity contribution is 9.10. The largest absolute Gasteiger partial charge is 0.384 e. The molecule has 9 heteroatoms. The number of anilines is 1. The first-order valence-electron chi connectivity index (χ1n) is 8.53. The molecule has 0 bridgehead atoms. The molecule has 0 aliphatic carbocycles. The van der Waals surface area contributed by atoms with E-state index in [-0.39, 0.29) is 11.1 Å². The Kier molecular flexibility index (Phi) is 11.9. The first-order chi connectivity index (χ1) is 13.3. The Labute approximate surface area is 191 Å². The second-order valence-corrected chi connectivity index (χ2v) is 8.89. The normalized spacial score (nSPS) is 12.4. The molecule has 3 rings (SSSR count). The summed E-state index contributed by atoms with van der Waals surface area (Å²) in [5.74, 6) is 0.549. The van der Waals surface area contributed by atoms with Crippen molar-refractivity contribution in [1.29, 1.82) is 0 Å². The lowest BCUT2D eigenvalue weighted by Crippen LogP contribution is -2.23. The summed E-state index contributed by atoms with van der Waals surface area (Å²) in [6, 6.07) is 7.56. The third-order valence-electron chi connectivity index (χ3n) is 3.34. The van der Waals surface area contributed by atoms with Crippen LogP contribution in [0.15, 0.2) is 51.8 Å². The topological polar surface area (TPSA) is 74.7 Å². The molecule has 3 aromatic rings. The van der Waals surface area contributed by atoms with Gasteiger partial charge >= 0.3 is 0 Å². The number of halogens is 3. The van der Waals surface area contributed by atoms with Gasteiger partial charge in [-0.3, -0.25) is 0 Å². The fourth-order valence-electron chi connectivity index (χ4n) is 2.02. The van der Waals surface area contributed by atoms with Gasteiger partial charge in [0.15, 0.2) is 6.29 Å². The molecule has 3 aromatic heterocycles. The highest BCUT2D eigenvalue weighted by Gasteiger charge is 2.11. The Morgan fingerprint density at radius 3 is 2.25 bits per heavy atom. The van der Waals surface area contributed by atoms with E-state index in [2.05, 4.69) is 57.8 Å². The number of hydrogen-bond acceptors (Lipinski definition) is 5. The van der Waals surface area contributed by atoms with Crippen LogP contribution in [0.3, 0.4) is 0 Å². The smallest absolute Gasteiger partial charge is 0.169 e. The second-order valence-electron chi connectivity index (χ2n) is 5.61. The van der Waals surface area contributed by atoms with Gasteiger partial charge in [0.2, 0.25) is 0 Å². The molecule has 0 fully saturated rings. The SMILES string of the molecule is CCOC(OC)C(C)Br.Cc1cnc2ccc(Br)cn12.Nc1ccc(Br)cn1. The van der Waals surface area contributed by atoms with Crippen LogP contribution >= 0.6 is 47.8 Å². The molecular weight excluding hydrogens is 556 g/mol. The lowest BCUT2D eigenvalue weighted by atomic mass is 10.4. The molecule has 28 heavy (non-hydrogen) atoms. The lowest BCUT2D eigenvalue weighted by molar-refractivity contribution is -0.116. The highest BCUT2D eigenvalue weighted by atomic mass is 79.9. The van der Waals surface area contributed by atoms with Crippen LogP contribution in [-0.2, 0) is 9.47 Å². The molecule has 0 amide bonds. The molecule has 0 radical (unpaired) electrons. The molecular formula is C19H25Br3N4O2. The number of aromatic nitrogens is 3. The third-order valence-corrected chi connectivity index (χ3v) is 4.71. The average molecular weight is 581 g/mol. The van der Waals surface area contributed by atoms with Crippen molar-refractivity contribution < 1.29 is 9.47 Å². The van der Waals surface area contributed by atoms with Crippen molar-refractivity contribution in [2.75, 3.05) is 19.5 Å². The van der Waals surface area contributed by atoms with Crippen LogP contribution in [0.1, 0.15) is 19.5 Å². The van der Waals surface area contributed by atoms with E-state index in [1.54, 1.807) is 19.4 Å². The second kappa shape index (κ2) is 13.3. The molecule has 3 heterocycles. The van der Waals surface area contributed by atoms with E-state index in [9.17, 15) is 0 Å². The number of fused-ring (bicyclic) bond motifs is 1. The van der Waals surface area contributed by atoms with Gasteiger partial charge in [0.25, 0.3) is 0 Å². The van der Waals surface area contributed by atoms with Crippen molar-refractivity contribution >= 4 is 59.3 Å². The van der Waals surface area contributed by atoms with E-state index in [1.165, 1.54) is 0 Å². The standard InChI is InChI=1S/C8H7BrN2.C6H13BrO2.C5H5BrN2/c1-6-4-10-8-3-2-7(9)5-11(6)8;1-4-9-6(8-3)5(2)7;6-4-1-2-5(7)8-3-4/h2-5H,1H3;5-6H,4H2,1-3H3;1-3H,(H2,7,8). The molecule has 0 saturated heterocycles. The maximum absolute atomic E-state index is 5.29. The van der Waals surface area contributed by atoms with Crippen LogP contribution in [0.5, 0.6) is 0 Å². The van der Waals surface area contributed by atoms with Gasteiger partial charge in [0, 0.05) is 46.9 Å². The number of nitrogens with two attached hydrogens (primary N) is 1. The summed E-state index contributed by atoms with van der Waals surface area (Å²) in [6.45, 7) is 6.66. The molecule has 2 unspecified atom stereocenters. The van der Waals surface area contributed by atoms with Crippen molar-refractivity contribution in [3.63, 3.8) is 0 Å². The monoisotopic (exact) mass is 578 g/mol. The summed E-state index contributed by atoms with van der Waals surface area (Å²) in [5.41, 5.74) is 7.44. The molecule has 0 saturated carbocycles. The zero-order chi connectivity index (χ0) is 21.1. The third kappa shape index (κ3) is 9.00. The highest BCUT2D eigenvalue weighted by Crippen LogP contribution is 2.12. The maximum atomic E-state index is 5.29. The number of alkyl halides is 1. The van der Waals surface area contributed by atoms with E-state index in [0.29, 0.717) is 12.4 Å². The average Bonchev–Trinajstić information content (AvgIpc) is 3.03. The molecule has 154 valence electrons. The summed E-state index contributed by atoms with van der Waals surface area (Å²) in [7, 11) is 1.64. The van der Waals surface area contributed by atoms with Gasteiger partial charge < -0.3 is 19.6 Å². The minimum Gasteiger partial charge on any atom is -0.384 e. The predicted octanol–water partition coefficient (Wildman–Crippen LogP) is 5.61. The van der Waals surface area contributed by atoms with Crippen molar-refractivity contribution in [3.05, 3.63) is 57.5 Å². The van der Waals surface area contributed by atoms with Crippen molar-refractivity contribution in [2.45, 2.75) is 31.9 Å². The Morgan fingerprint density at radius 2 is 1.79 bits per heavy atom. The summed E-state index contributed by atoms with van der Waals surface area (Å²) in [6.07, 6.45) is 5.42. The van der Waals surface area contributed by atoms with Crippen molar-refractivity contribution in [1.82, 2.24) is 14.4 Å². The van der Waals surface area contributed by atoms with Gasteiger partial charge in [-0.15, -0.1) is 0 Å². The fraction of sp³-hybridized carbons (Fsp3) is 0.368. The molecule has 0 aliphatic rings. The number of aryl methyl sites for hydroxylation is 1. The number of hydrogen-bond donors (Lipinski definition) is 1. The van der Waals surface area contributed by atoms with E-state index in [4.69, 9.17) is 15.2 Å². The zero-order valence-electron chi connectivity index (χ0n) is 16.3. The van der Waals surface area contributed by atoms with Crippen LogP contribution in [-0.4, -0.2) is 39.2 Å². The van der Waals surface area contributed by atoms with Gasteiger partial charge in [-0.25, -0.2) is 9.97 Å². The number of ether oxygens (including phenoxy) is 2. The minimum atomic E-state index is -0.116. The Bertz CT molecular complexity index is 805. The van der Waals surface area contributed by atoms with Gasteiger partial charge in [-0.1, -0.05) is 15.9 Å². The number of nitrogens with zero attached hydrogens (tertiary/aromatic N) is 3. The maximum Gasteiger partial charge on any atom is 0.169 e. The molecule has 0 spiro atoms. The van der Waals surface area contributed by atoms with Gasteiger partial charge in [-0.05, 0) is 76.9 Å². The first-order valence-corrected chi connectivity index (χ1v) is 11.0. The van der Waals surface area contributed by atoms with Gasteiger partial charge in [0.05, 0.1) is 4.83 Å². The Morgan fingerprint density at radius 1 is 1.11 bits per heavy atom. The minimum absolute atomic E-state index is 0.116. The molecule has 0 aromatic carbocycles. The van der Waals surface area contributed by atoms with E-state index in [1.807, 2.05) is 55.8 Å².